The lowest BCUT2D eigenvalue weighted by molar-refractivity contribution is -0.130. The second kappa shape index (κ2) is 5.65. The highest BCUT2D eigenvalue weighted by atomic mass is 16.5. The standard InChI is InChI=1S/C22H18N2O2/c1-22(2,3)16-10-14-5-4-13-7-9-18(26-19(25)12-24-23)17-8-6-15(11-16)20(14)21(13)17/h4-12H,1-3H3. The second-order valence-electron chi connectivity index (χ2n) is 7.55. The van der Waals surface area contributed by atoms with Crippen molar-refractivity contribution in [1.82, 2.24) is 0 Å². The summed E-state index contributed by atoms with van der Waals surface area (Å²) in [5.41, 5.74) is 9.86. The minimum atomic E-state index is -0.711. The van der Waals surface area contributed by atoms with Crippen molar-refractivity contribution < 1.29 is 14.3 Å². The maximum absolute atomic E-state index is 11.7. The number of hydrogen-bond donors (Lipinski definition) is 0. The van der Waals surface area contributed by atoms with Crippen LogP contribution < -0.4 is 4.74 Å². The average Bonchev–Trinajstić information content (AvgIpc) is 2.60. The Kier molecular flexibility index (Phi) is 3.53. The van der Waals surface area contributed by atoms with Gasteiger partial charge in [0.25, 0.3) is 0 Å². The SMILES string of the molecule is CC(C)(C)c1cc2ccc3ccc(OC(=O)C=[N+]=[N-])c4ccc(c1)c2c34. The summed E-state index contributed by atoms with van der Waals surface area (Å²) in [6.45, 7) is 6.63. The number of esters is 1. The minimum absolute atomic E-state index is 0.0643. The molecule has 0 saturated heterocycles. The van der Waals surface area contributed by atoms with Crippen molar-refractivity contribution in [2.45, 2.75) is 26.2 Å². The van der Waals surface area contributed by atoms with E-state index in [1.54, 1.807) is 6.07 Å². The normalized spacial score (nSPS) is 11.8. The third-order valence-electron chi connectivity index (χ3n) is 4.80. The molecule has 0 heterocycles. The lowest BCUT2D eigenvalue weighted by atomic mass is 9.83. The van der Waals surface area contributed by atoms with Gasteiger partial charge in [0.2, 0.25) is 0 Å². The van der Waals surface area contributed by atoms with Crippen LogP contribution in [0.3, 0.4) is 0 Å². The van der Waals surface area contributed by atoms with E-state index >= 15 is 0 Å². The number of carbonyl (C=O) groups excluding carboxylic acids is 1. The molecule has 0 atom stereocenters. The molecule has 4 aromatic rings. The van der Waals surface area contributed by atoms with Gasteiger partial charge in [0.05, 0.1) is 0 Å². The molecule has 0 aliphatic rings. The second-order valence-corrected chi connectivity index (χ2v) is 7.55. The molecule has 0 fully saturated rings. The van der Waals surface area contributed by atoms with Gasteiger partial charge in [0.1, 0.15) is 5.75 Å². The first-order chi connectivity index (χ1) is 12.4. The van der Waals surface area contributed by atoms with Gasteiger partial charge < -0.3 is 10.3 Å². The van der Waals surface area contributed by atoms with E-state index < -0.39 is 5.97 Å². The third kappa shape index (κ3) is 2.52. The molecule has 4 rings (SSSR count). The van der Waals surface area contributed by atoms with Crippen LogP contribution in [0.15, 0.2) is 48.5 Å². The number of carbonyl (C=O) groups is 1. The number of hydrogen-bond acceptors (Lipinski definition) is 2. The molecule has 0 N–H and O–H groups in total. The van der Waals surface area contributed by atoms with Gasteiger partial charge in [0, 0.05) is 10.8 Å². The maximum atomic E-state index is 11.7. The van der Waals surface area contributed by atoms with E-state index in [-0.39, 0.29) is 5.41 Å². The molecule has 0 unspecified atom stereocenters. The molecule has 0 radical (unpaired) electrons. The fourth-order valence-electron chi connectivity index (χ4n) is 3.50. The molecule has 4 heteroatoms. The Balaban J connectivity index is 2.04. The Labute approximate surface area is 151 Å². The maximum Gasteiger partial charge on any atom is 0.419 e. The Morgan fingerprint density at radius 2 is 1.58 bits per heavy atom. The van der Waals surface area contributed by atoms with Crippen LogP contribution in [0.25, 0.3) is 37.8 Å². The summed E-state index contributed by atoms with van der Waals surface area (Å²) in [7, 11) is 0. The zero-order valence-electron chi connectivity index (χ0n) is 14.9. The van der Waals surface area contributed by atoms with Crippen molar-refractivity contribution in [3.63, 3.8) is 0 Å². The van der Waals surface area contributed by atoms with Gasteiger partial charge in [-0.25, -0.2) is 4.79 Å². The van der Waals surface area contributed by atoms with Gasteiger partial charge in [-0.15, -0.1) is 0 Å². The fraction of sp³-hybridized carbons (Fsp3) is 0.182. The first-order valence-electron chi connectivity index (χ1n) is 8.50. The first-order valence-corrected chi connectivity index (χ1v) is 8.50. The Bertz CT molecular complexity index is 1190. The summed E-state index contributed by atoms with van der Waals surface area (Å²) < 4.78 is 5.34. The quantitative estimate of drug-likeness (QED) is 0.127. The minimum Gasteiger partial charge on any atom is -0.418 e. The van der Waals surface area contributed by atoms with Crippen molar-refractivity contribution in [2.75, 3.05) is 0 Å². The summed E-state index contributed by atoms with van der Waals surface area (Å²) >= 11 is 0. The van der Waals surface area contributed by atoms with Crippen molar-refractivity contribution in [1.29, 1.82) is 0 Å². The van der Waals surface area contributed by atoms with Crippen LogP contribution in [0, 0.1) is 0 Å². The average molecular weight is 342 g/mol. The topological polar surface area (TPSA) is 62.7 Å². The molecular weight excluding hydrogens is 324 g/mol. The van der Waals surface area contributed by atoms with Crippen molar-refractivity contribution in [3.05, 3.63) is 59.6 Å². The van der Waals surface area contributed by atoms with E-state index in [9.17, 15) is 4.79 Å². The molecule has 0 bridgehead atoms. The Morgan fingerprint density at radius 3 is 2.23 bits per heavy atom. The predicted octanol–water partition coefficient (Wildman–Crippen LogP) is 5.09. The van der Waals surface area contributed by atoms with Crippen LogP contribution in [-0.4, -0.2) is 17.0 Å². The number of ether oxygens (including phenoxy) is 1. The summed E-state index contributed by atoms with van der Waals surface area (Å²) in [6, 6.07) is 16.5. The van der Waals surface area contributed by atoms with Gasteiger partial charge in [-0.3, -0.25) is 0 Å². The molecule has 0 amide bonds. The molecule has 0 aliphatic heterocycles. The highest BCUT2D eigenvalue weighted by molar-refractivity contribution is 6.25. The molecule has 0 saturated carbocycles. The summed E-state index contributed by atoms with van der Waals surface area (Å²) in [6.07, 6.45) is 0.744. The third-order valence-corrected chi connectivity index (χ3v) is 4.80. The van der Waals surface area contributed by atoms with E-state index in [1.165, 1.54) is 21.7 Å². The molecule has 4 aromatic carbocycles. The van der Waals surface area contributed by atoms with E-state index in [1.807, 2.05) is 12.1 Å². The van der Waals surface area contributed by atoms with Crippen LogP contribution in [0.1, 0.15) is 26.3 Å². The molecule has 0 aliphatic carbocycles. The van der Waals surface area contributed by atoms with E-state index in [4.69, 9.17) is 10.3 Å². The fourth-order valence-corrected chi connectivity index (χ4v) is 3.50. The lowest BCUT2D eigenvalue weighted by Gasteiger charge is -2.21. The van der Waals surface area contributed by atoms with Crippen LogP contribution in [0.5, 0.6) is 5.75 Å². The molecule has 0 aromatic heterocycles. The first kappa shape index (κ1) is 16.2. The molecular formula is C22H18N2O2. The van der Waals surface area contributed by atoms with Crippen LogP contribution in [0.4, 0.5) is 0 Å². The van der Waals surface area contributed by atoms with E-state index in [2.05, 4.69) is 55.9 Å². The lowest BCUT2D eigenvalue weighted by Crippen LogP contribution is -2.11. The number of benzene rings is 4. The van der Waals surface area contributed by atoms with Crippen LogP contribution in [0.2, 0.25) is 0 Å². The van der Waals surface area contributed by atoms with E-state index in [0.29, 0.717) is 5.75 Å². The molecule has 128 valence electrons. The van der Waals surface area contributed by atoms with Crippen molar-refractivity contribution >= 4 is 44.5 Å². The van der Waals surface area contributed by atoms with E-state index in [0.717, 1.165) is 22.4 Å². The highest BCUT2D eigenvalue weighted by Gasteiger charge is 2.18. The number of rotatable bonds is 2. The van der Waals surface area contributed by atoms with Gasteiger partial charge in [-0.2, -0.15) is 4.79 Å². The Morgan fingerprint density at radius 1 is 0.962 bits per heavy atom. The summed E-state index contributed by atoms with van der Waals surface area (Å²) in [5, 5.41) is 6.55. The number of nitrogens with zero attached hydrogens (tertiary/aromatic N) is 2. The Hall–Kier alpha value is -3.23. The van der Waals surface area contributed by atoms with Crippen LogP contribution in [-0.2, 0) is 10.2 Å². The zero-order valence-corrected chi connectivity index (χ0v) is 14.9. The van der Waals surface area contributed by atoms with Gasteiger partial charge in [-0.1, -0.05) is 57.2 Å². The predicted molar refractivity (Wildman–Crippen MR) is 104 cm³/mol. The molecule has 4 nitrogen and oxygen atoms in total. The van der Waals surface area contributed by atoms with Gasteiger partial charge >= 0.3 is 12.2 Å². The van der Waals surface area contributed by atoms with Gasteiger partial charge in [0.15, 0.2) is 0 Å². The largest absolute Gasteiger partial charge is 0.419 e. The van der Waals surface area contributed by atoms with Crippen molar-refractivity contribution in [3.8, 4) is 5.75 Å². The zero-order chi connectivity index (χ0) is 18.5. The van der Waals surface area contributed by atoms with Crippen LogP contribution >= 0.6 is 0 Å². The summed E-state index contributed by atoms with van der Waals surface area (Å²) in [4.78, 5) is 14.4. The highest BCUT2D eigenvalue weighted by Crippen LogP contribution is 2.40. The van der Waals surface area contributed by atoms with Crippen molar-refractivity contribution in [2.24, 2.45) is 0 Å². The monoisotopic (exact) mass is 342 g/mol. The molecule has 0 spiro atoms. The van der Waals surface area contributed by atoms with Gasteiger partial charge in [-0.05, 0) is 44.7 Å². The summed E-state index contributed by atoms with van der Waals surface area (Å²) in [5.74, 6) is -0.255. The molecule has 26 heavy (non-hydrogen) atoms. The smallest absolute Gasteiger partial charge is 0.418 e.